The van der Waals surface area contributed by atoms with E-state index in [9.17, 15) is 0 Å². The summed E-state index contributed by atoms with van der Waals surface area (Å²) in [5.74, 6) is 0.775. The number of hydrogen-bond donors (Lipinski definition) is 1. The number of nitrogens with two attached hydrogens (primary N) is 1. The SMILES string of the molecule is C[C@@H]1CC1(C)N. The molecule has 0 radical (unpaired) electrons. The molecule has 0 bridgehead atoms. The molecule has 2 N–H and O–H groups in total. The van der Waals surface area contributed by atoms with Gasteiger partial charge in [-0.05, 0) is 19.3 Å². The van der Waals surface area contributed by atoms with Gasteiger partial charge in [0.2, 0.25) is 0 Å². The Balaban J connectivity index is 2.41. The van der Waals surface area contributed by atoms with Crippen molar-refractivity contribution in [1.29, 1.82) is 0 Å². The second-order valence-electron chi connectivity index (χ2n) is 2.61. The van der Waals surface area contributed by atoms with Gasteiger partial charge in [-0.15, -0.1) is 0 Å². The van der Waals surface area contributed by atoms with Crippen molar-refractivity contribution in [2.24, 2.45) is 11.7 Å². The van der Waals surface area contributed by atoms with E-state index in [0.717, 1.165) is 5.92 Å². The Hall–Kier alpha value is -0.0400. The predicted octanol–water partition coefficient (Wildman–Crippen LogP) is 0.744. The van der Waals surface area contributed by atoms with Gasteiger partial charge in [-0.1, -0.05) is 6.92 Å². The van der Waals surface area contributed by atoms with Crippen LogP contribution in [-0.2, 0) is 0 Å². The maximum Gasteiger partial charge on any atom is 0.0155 e. The molecule has 0 spiro atoms. The first-order valence-corrected chi connectivity index (χ1v) is 2.42. The largest absolute Gasteiger partial charge is 0.325 e. The average Bonchev–Trinajstić information content (AvgIpc) is 1.73. The topological polar surface area (TPSA) is 26.0 Å². The molecule has 1 heteroatoms. The lowest BCUT2D eigenvalue weighted by molar-refractivity contribution is 0.686. The molecule has 6 heavy (non-hydrogen) atoms. The standard InChI is InChI=1S/C5H11N/c1-4-3-5(4,2)6/h4H,3,6H2,1-2H3/t4-,5?/m1/s1. The molecule has 1 saturated carbocycles. The van der Waals surface area contributed by atoms with Gasteiger partial charge in [-0.3, -0.25) is 0 Å². The van der Waals surface area contributed by atoms with Crippen LogP contribution in [0.25, 0.3) is 0 Å². The quantitative estimate of drug-likeness (QED) is 0.461. The Bertz CT molecular complexity index is 66.3. The molecule has 2 atom stereocenters. The van der Waals surface area contributed by atoms with Crippen molar-refractivity contribution in [3.8, 4) is 0 Å². The van der Waals surface area contributed by atoms with Gasteiger partial charge in [-0.25, -0.2) is 0 Å². The molecular weight excluding hydrogens is 74.1 g/mol. The van der Waals surface area contributed by atoms with Gasteiger partial charge >= 0.3 is 0 Å². The van der Waals surface area contributed by atoms with E-state index in [1.807, 2.05) is 0 Å². The van der Waals surface area contributed by atoms with Crippen molar-refractivity contribution in [2.45, 2.75) is 25.8 Å². The molecule has 1 aliphatic rings. The lowest BCUT2D eigenvalue weighted by atomic mass is 10.3. The molecule has 0 aromatic rings. The molecule has 0 aromatic heterocycles. The zero-order valence-corrected chi connectivity index (χ0v) is 4.36. The van der Waals surface area contributed by atoms with Crippen LogP contribution < -0.4 is 5.73 Å². The molecule has 0 amide bonds. The molecule has 1 nitrogen and oxygen atoms in total. The first-order valence-electron chi connectivity index (χ1n) is 2.42. The van der Waals surface area contributed by atoms with Crippen LogP contribution in [0.15, 0.2) is 0 Å². The van der Waals surface area contributed by atoms with E-state index in [0.29, 0.717) is 0 Å². The van der Waals surface area contributed by atoms with E-state index in [1.54, 1.807) is 0 Å². The Morgan fingerprint density at radius 1 is 1.83 bits per heavy atom. The monoisotopic (exact) mass is 85.1 g/mol. The van der Waals surface area contributed by atoms with E-state index >= 15 is 0 Å². The Kier molecular flexibility index (Phi) is 0.539. The van der Waals surface area contributed by atoms with Crippen LogP contribution in [-0.4, -0.2) is 5.54 Å². The van der Waals surface area contributed by atoms with Gasteiger partial charge in [0.05, 0.1) is 0 Å². The summed E-state index contributed by atoms with van der Waals surface area (Å²) >= 11 is 0. The first-order chi connectivity index (χ1) is 2.63. The molecule has 1 unspecified atom stereocenters. The van der Waals surface area contributed by atoms with Crippen LogP contribution in [0.1, 0.15) is 20.3 Å². The second-order valence-corrected chi connectivity index (χ2v) is 2.61. The van der Waals surface area contributed by atoms with Crippen LogP contribution in [0.5, 0.6) is 0 Å². The third kappa shape index (κ3) is 0.432. The van der Waals surface area contributed by atoms with E-state index in [-0.39, 0.29) is 5.54 Å². The van der Waals surface area contributed by atoms with E-state index < -0.39 is 0 Å². The molecular formula is C5H11N. The second kappa shape index (κ2) is 0.784. The number of rotatable bonds is 0. The summed E-state index contributed by atoms with van der Waals surface area (Å²) < 4.78 is 0. The first kappa shape index (κ1) is 4.13. The highest BCUT2D eigenvalue weighted by atomic mass is 14.8. The van der Waals surface area contributed by atoms with Gasteiger partial charge in [0.1, 0.15) is 0 Å². The van der Waals surface area contributed by atoms with Gasteiger partial charge in [0.25, 0.3) is 0 Å². The minimum absolute atomic E-state index is 0.208. The van der Waals surface area contributed by atoms with Crippen LogP contribution in [0, 0.1) is 5.92 Å². The summed E-state index contributed by atoms with van der Waals surface area (Å²) in [6.07, 6.45) is 1.22. The van der Waals surface area contributed by atoms with Gasteiger partial charge < -0.3 is 5.73 Å². The summed E-state index contributed by atoms with van der Waals surface area (Å²) in [6, 6.07) is 0. The van der Waals surface area contributed by atoms with Crippen molar-refractivity contribution in [3.05, 3.63) is 0 Å². The Morgan fingerprint density at radius 2 is 2.00 bits per heavy atom. The van der Waals surface area contributed by atoms with Gasteiger partial charge in [0, 0.05) is 5.54 Å². The normalized spacial score (nSPS) is 55.5. The minimum Gasteiger partial charge on any atom is -0.325 e. The van der Waals surface area contributed by atoms with E-state index in [4.69, 9.17) is 5.73 Å². The molecule has 1 aliphatic carbocycles. The maximum atomic E-state index is 5.61. The van der Waals surface area contributed by atoms with Crippen molar-refractivity contribution >= 4 is 0 Å². The summed E-state index contributed by atoms with van der Waals surface area (Å²) in [5, 5.41) is 0. The zero-order valence-electron chi connectivity index (χ0n) is 4.36. The van der Waals surface area contributed by atoms with E-state index in [2.05, 4.69) is 13.8 Å². The summed E-state index contributed by atoms with van der Waals surface area (Å²) in [7, 11) is 0. The van der Waals surface area contributed by atoms with E-state index in [1.165, 1.54) is 6.42 Å². The average molecular weight is 85.2 g/mol. The smallest absolute Gasteiger partial charge is 0.0155 e. The van der Waals surface area contributed by atoms with Crippen LogP contribution in [0.3, 0.4) is 0 Å². The Labute approximate surface area is 38.5 Å². The highest BCUT2D eigenvalue weighted by Gasteiger charge is 2.42. The predicted molar refractivity (Wildman–Crippen MR) is 26.4 cm³/mol. The van der Waals surface area contributed by atoms with Crippen LogP contribution >= 0.6 is 0 Å². The van der Waals surface area contributed by atoms with Crippen molar-refractivity contribution < 1.29 is 0 Å². The van der Waals surface area contributed by atoms with Crippen LogP contribution in [0.4, 0.5) is 0 Å². The third-order valence-electron chi connectivity index (χ3n) is 1.71. The fourth-order valence-corrected chi connectivity index (χ4v) is 0.601. The summed E-state index contributed by atoms with van der Waals surface area (Å²) in [5.41, 5.74) is 5.82. The molecule has 36 valence electrons. The highest BCUT2D eigenvalue weighted by molar-refractivity contribution is 5.00. The van der Waals surface area contributed by atoms with Crippen molar-refractivity contribution in [2.75, 3.05) is 0 Å². The lowest BCUT2D eigenvalue weighted by Gasteiger charge is -1.93. The zero-order chi connectivity index (χ0) is 4.78. The summed E-state index contributed by atoms with van der Waals surface area (Å²) in [4.78, 5) is 0. The maximum absolute atomic E-state index is 5.61. The molecule has 1 rings (SSSR count). The van der Waals surface area contributed by atoms with Crippen molar-refractivity contribution in [3.63, 3.8) is 0 Å². The molecule has 0 saturated heterocycles. The Morgan fingerprint density at radius 3 is 2.00 bits per heavy atom. The highest BCUT2D eigenvalue weighted by Crippen LogP contribution is 2.39. The fourth-order valence-electron chi connectivity index (χ4n) is 0.601. The molecule has 0 aromatic carbocycles. The fraction of sp³-hybridized carbons (Fsp3) is 1.00. The van der Waals surface area contributed by atoms with Gasteiger partial charge in [0.15, 0.2) is 0 Å². The lowest BCUT2D eigenvalue weighted by Crippen LogP contribution is -2.18. The molecule has 0 aliphatic heterocycles. The molecule has 1 fully saturated rings. The third-order valence-corrected chi connectivity index (χ3v) is 1.71. The summed E-state index contributed by atoms with van der Waals surface area (Å²) in [6.45, 7) is 4.28. The number of hydrogen-bond acceptors (Lipinski definition) is 1. The molecule has 0 heterocycles. The van der Waals surface area contributed by atoms with Gasteiger partial charge in [-0.2, -0.15) is 0 Å². The minimum atomic E-state index is 0.208. The van der Waals surface area contributed by atoms with Crippen molar-refractivity contribution in [1.82, 2.24) is 0 Å². The van der Waals surface area contributed by atoms with Crippen LogP contribution in [0.2, 0.25) is 0 Å².